The number of carbonyl (C=O) groups is 2. The summed E-state index contributed by atoms with van der Waals surface area (Å²) in [5, 5.41) is 5.25. The molecule has 2 heterocycles. The SMILES string of the molecule is CC(C)(C)C1=NNC(=O)N(NC(=O)c2cnc(-c3ccccc3)nc2)C1. The van der Waals surface area contributed by atoms with E-state index in [0.29, 0.717) is 5.82 Å². The second kappa shape index (κ2) is 6.91. The van der Waals surface area contributed by atoms with Crippen molar-refractivity contribution in [2.45, 2.75) is 20.8 Å². The van der Waals surface area contributed by atoms with Crippen LogP contribution in [0, 0.1) is 5.41 Å². The third kappa shape index (κ3) is 3.85. The fraction of sp³-hybridized carbons (Fsp3) is 0.278. The van der Waals surface area contributed by atoms with E-state index in [0.717, 1.165) is 11.3 Å². The van der Waals surface area contributed by atoms with E-state index in [9.17, 15) is 9.59 Å². The number of hydrazone groups is 1. The number of hydrogen-bond acceptors (Lipinski definition) is 5. The molecule has 3 rings (SSSR count). The summed E-state index contributed by atoms with van der Waals surface area (Å²) < 4.78 is 0. The van der Waals surface area contributed by atoms with Gasteiger partial charge in [0.25, 0.3) is 5.91 Å². The van der Waals surface area contributed by atoms with Crippen molar-refractivity contribution < 1.29 is 9.59 Å². The summed E-state index contributed by atoms with van der Waals surface area (Å²) in [6, 6.07) is 8.98. The first-order valence-corrected chi connectivity index (χ1v) is 8.17. The molecule has 0 spiro atoms. The highest BCUT2D eigenvalue weighted by molar-refractivity contribution is 5.99. The van der Waals surface area contributed by atoms with Crippen molar-refractivity contribution in [2.24, 2.45) is 10.5 Å². The minimum atomic E-state index is -0.492. The molecular formula is C18H20N6O2. The number of hydrazine groups is 1. The molecule has 3 amide bonds. The van der Waals surface area contributed by atoms with Crippen LogP contribution in [0.3, 0.4) is 0 Å². The van der Waals surface area contributed by atoms with Gasteiger partial charge in [0.2, 0.25) is 0 Å². The normalized spacial score (nSPS) is 14.5. The Kier molecular flexibility index (Phi) is 4.66. The van der Waals surface area contributed by atoms with E-state index < -0.39 is 11.9 Å². The summed E-state index contributed by atoms with van der Waals surface area (Å²) in [5.41, 5.74) is 6.63. The molecule has 0 bridgehead atoms. The third-order valence-electron chi connectivity index (χ3n) is 3.89. The van der Waals surface area contributed by atoms with Gasteiger partial charge in [0, 0.05) is 23.4 Å². The van der Waals surface area contributed by atoms with Crippen molar-refractivity contribution in [2.75, 3.05) is 6.54 Å². The van der Waals surface area contributed by atoms with Crippen molar-refractivity contribution >= 4 is 17.6 Å². The van der Waals surface area contributed by atoms with Crippen LogP contribution in [-0.2, 0) is 0 Å². The lowest BCUT2D eigenvalue weighted by Crippen LogP contribution is -2.56. The third-order valence-corrected chi connectivity index (χ3v) is 3.89. The molecule has 1 aromatic heterocycles. The molecule has 1 aromatic carbocycles. The quantitative estimate of drug-likeness (QED) is 0.884. The number of carbonyl (C=O) groups excluding carboxylic acids is 2. The van der Waals surface area contributed by atoms with Gasteiger partial charge in [-0.1, -0.05) is 51.1 Å². The van der Waals surface area contributed by atoms with Crippen LogP contribution in [0.5, 0.6) is 0 Å². The van der Waals surface area contributed by atoms with E-state index in [4.69, 9.17) is 0 Å². The minimum absolute atomic E-state index is 0.212. The van der Waals surface area contributed by atoms with E-state index in [1.807, 2.05) is 51.1 Å². The second-order valence-electron chi connectivity index (χ2n) is 6.91. The number of nitrogens with one attached hydrogen (secondary N) is 2. The molecule has 1 aliphatic rings. The standard InChI is InChI=1S/C18H20N6O2/c1-18(2,3)14-11-24(17(26)22-21-14)23-16(25)13-9-19-15(20-10-13)12-7-5-4-6-8-12/h4-10H,11H2,1-3H3,(H,22,26)(H,23,25). The summed E-state index contributed by atoms with van der Waals surface area (Å²) >= 11 is 0. The van der Waals surface area contributed by atoms with E-state index in [1.54, 1.807) is 0 Å². The van der Waals surface area contributed by atoms with E-state index in [2.05, 4.69) is 25.9 Å². The monoisotopic (exact) mass is 352 g/mol. The van der Waals surface area contributed by atoms with Gasteiger partial charge in [-0.2, -0.15) is 5.10 Å². The van der Waals surface area contributed by atoms with Crippen LogP contribution in [-0.4, -0.2) is 39.2 Å². The number of amides is 3. The Labute approximate surface area is 151 Å². The fourth-order valence-corrected chi connectivity index (χ4v) is 2.30. The lowest BCUT2D eigenvalue weighted by atomic mass is 9.89. The van der Waals surface area contributed by atoms with Gasteiger partial charge in [-0.15, -0.1) is 0 Å². The molecule has 26 heavy (non-hydrogen) atoms. The number of aromatic nitrogens is 2. The zero-order chi connectivity index (χ0) is 18.7. The summed E-state index contributed by atoms with van der Waals surface area (Å²) in [6.45, 7) is 6.17. The van der Waals surface area contributed by atoms with Crippen LogP contribution in [0.15, 0.2) is 47.8 Å². The largest absolute Gasteiger partial charge is 0.356 e. The molecule has 1 aliphatic heterocycles. The van der Waals surface area contributed by atoms with Gasteiger partial charge in [0.05, 0.1) is 17.8 Å². The van der Waals surface area contributed by atoms with Crippen molar-refractivity contribution in [3.05, 3.63) is 48.3 Å². The molecule has 0 saturated carbocycles. The van der Waals surface area contributed by atoms with Crippen LogP contribution in [0.1, 0.15) is 31.1 Å². The number of benzene rings is 1. The van der Waals surface area contributed by atoms with E-state index in [1.165, 1.54) is 17.4 Å². The summed E-state index contributed by atoms with van der Waals surface area (Å²) in [7, 11) is 0. The van der Waals surface area contributed by atoms with Gasteiger partial charge in [-0.05, 0) is 0 Å². The molecule has 8 nitrogen and oxygen atoms in total. The molecule has 0 fully saturated rings. The van der Waals surface area contributed by atoms with Gasteiger partial charge < -0.3 is 0 Å². The zero-order valence-electron chi connectivity index (χ0n) is 14.9. The van der Waals surface area contributed by atoms with Gasteiger partial charge in [-0.3, -0.25) is 10.2 Å². The highest BCUT2D eigenvalue weighted by atomic mass is 16.2. The average Bonchev–Trinajstić information content (AvgIpc) is 2.63. The Morgan fingerprint density at radius 1 is 1.15 bits per heavy atom. The zero-order valence-corrected chi connectivity index (χ0v) is 14.9. The Morgan fingerprint density at radius 3 is 2.42 bits per heavy atom. The first-order chi connectivity index (χ1) is 12.3. The van der Waals surface area contributed by atoms with Gasteiger partial charge in [0.1, 0.15) is 0 Å². The number of rotatable bonds is 3. The van der Waals surface area contributed by atoms with E-state index in [-0.39, 0.29) is 17.5 Å². The maximum Gasteiger partial charge on any atom is 0.356 e. The molecule has 0 saturated heterocycles. The number of nitrogens with zero attached hydrogens (tertiary/aromatic N) is 4. The minimum Gasteiger partial charge on any atom is -0.267 e. The predicted molar refractivity (Wildman–Crippen MR) is 97.1 cm³/mol. The Bertz CT molecular complexity index is 840. The lowest BCUT2D eigenvalue weighted by Gasteiger charge is -2.31. The summed E-state index contributed by atoms with van der Waals surface area (Å²) in [5.74, 6) is 0.0648. The van der Waals surface area contributed by atoms with E-state index >= 15 is 0 Å². The van der Waals surface area contributed by atoms with Crippen LogP contribution >= 0.6 is 0 Å². The topological polar surface area (TPSA) is 99.6 Å². The lowest BCUT2D eigenvalue weighted by molar-refractivity contribution is 0.0835. The van der Waals surface area contributed by atoms with Crippen molar-refractivity contribution in [1.82, 2.24) is 25.8 Å². The van der Waals surface area contributed by atoms with Crippen LogP contribution in [0.25, 0.3) is 11.4 Å². The maximum atomic E-state index is 12.4. The highest BCUT2D eigenvalue weighted by Crippen LogP contribution is 2.18. The predicted octanol–water partition coefficient (Wildman–Crippen LogP) is 2.22. The van der Waals surface area contributed by atoms with Crippen LogP contribution in [0.4, 0.5) is 4.79 Å². The average molecular weight is 352 g/mol. The molecule has 8 heteroatoms. The first kappa shape index (κ1) is 17.5. The Hall–Kier alpha value is -3.29. The van der Waals surface area contributed by atoms with Crippen LogP contribution < -0.4 is 10.9 Å². The Morgan fingerprint density at radius 2 is 1.81 bits per heavy atom. The summed E-state index contributed by atoms with van der Waals surface area (Å²) in [4.78, 5) is 32.8. The maximum absolute atomic E-state index is 12.4. The molecule has 2 aromatic rings. The van der Waals surface area contributed by atoms with Gasteiger partial charge in [-0.25, -0.2) is 25.2 Å². The van der Waals surface area contributed by atoms with Gasteiger partial charge >= 0.3 is 6.03 Å². The number of hydrogen-bond donors (Lipinski definition) is 2. The summed E-state index contributed by atoms with van der Waals surface area (Å²) in [6.07, 6.45) is 2.87. The Balaban J connectivity index is 1.70. The second-order valence-corrected chi connectivity index (χ2v) is 6.91. The molecule has 0 unspecified atom stereocenters. The molecule has 2 N–H and O–H groups in total. The van der Waals surface area contributed by atoms with Crippen LogP contribution in [0.2, 0.25) is 0 Å². The highest BCUT2D eigenvalue weighted by Gasteiger charge is 2.29. The van der Waals surface area contributed by atoms with Crippen molar-refractivity contribution in [3.63, 3.8) is 0 Å². The van der Waals surface area contributed by atoms with Crippen molar-refractivity contribution in [1.29, 1.82) is 0 Å². The molecule has 0 radical (unpaired) electrons. The number of urea groups is 1. The van der Waals surface area contributed by atoms with Crippen molar-refractivity contribution in [3.8, 4) is 11.4 Å². The first-order valence-electron chi connectivity index (χ1n) is 8.17. The fourth-order valence-electron chi connectivity index (χ4n) is 2.30. The molecule has 0 atom stereocenters. The van der Waals surface area contributed by atoms with Gasteiger partial charge in [0.15, 0.2) is 5.82 Å². The molecule has 0 aliphatic carbocycles. The molecular weight excluding hydrogens is 332 g/mol. The molecule has 134 valence electrons. The smallest absolute Gasteiger partial charge is 0.267 e.